The lowest BCUT2D eigenvalue weighted by molar-refractivity contribution is -0.142. The lowest BCUT2D eigenvalue weighted by atomic mass is 9.97. The number of carboxylic acid groups (broad SMARTS) is 1. The Hall–Kier alpha value is -1.43. The molecule has 1 unspecified atom stereocenters. The number of thiazole rings is 1. The Morgan fingerprint density at radius 3 is 2.57 bits per heavy atom. The molecule has 0 aromatic carbocycles. The zero-order valence-electron chi connectivity index (χ0n) is 14.1. The van der Waals surface area contributed by atoms with Crippen LogP contribution in [0.1, 0.15) is 72.2 Å². The number of hydrogen-bond donors (Lipinski definition) is 2. The molecule has 1 saturated carbocycles. The van der Waals surface area contributed by atoms with Gasteiger partial charge < -0.3 is 10.4 Å². The van der Waals surface area contributed by atoms with Crippen molar-refractivity contribution in [1.29, 1.82) is 0 Å². The third-order valence-corrected chi connectivity index (χ3v) is 5.66. The van der Waals surface area contributed by atoms with Gasteiger partial charge in [-0.05, 0) is 32.1 Å². The molecule has 0 aliphatic heterocycles. The first-order valence-electron chi connectivity index (χ1n) is 8.36. The second kappa shape index (κ2) is 7.90. The van der Waals surface area contributed by atoms with Crippen LogP contribution >= 0.6 is 11.3 Å². The fourth-order valence-corrected chi connectivity index (χ4v) is 4.26. The number of nitrogens with zero attached hydrogens (tertiary/aromatic N) is 1. The molecule has 128 valence electrons. The average molecular weight is 338 g/mol. The molecule has 2 rings (SSSR count). The lowest BCUT2D eigenvalue weighted by Crippen LogP contribution is -2.33. The molecule has 5 nitrogen and oxygen atoms in total. The summed E-state index contributed by atoms with van der Waals surface area (Å²) >= 11 is 1.47. The number of aliphatic carboxylic acids is 1. The maximum Gasteiger partial charge on any atom is 0.308 e. The number of aryl methyl sites for hydroxylation is 1. The smallest absolute Gasteiger partial charge is 0.308 e. The third-order valence-electron chi connectivity index (χ3n) is 4.34. The summed E-state index contributed by atoms with van der Waals surface area (Å²) in [7, 11) is 0. The van der Waals surface area contributed by atoms with Crippen LogP contribution in [0.4, 0.5) is 0 Å². The van der Waals surface area contributed by atoms with E-state index in [4.69, 9.17) is 0 Å². The predicted octanol–water partition coefficient (Wildman–Crippen LogP) is 3.59. The summed E-state index contributed by atoms with van der Waals surface area (Å²) in [5, 5.41) is 13.1. The van der Waals surface area contributed by atoms with E-state index in [0.29, 0.717) is 17.2 Å². The highest BCUT2D eigenvalue weighted by Gasteiger charge is 2.25. The maximum absolute atomic E-state index is 12.4. The number of rotatable bonds is 7. The van der Waals surface area contributed by atoms with Crippen molar-refractivity contribution < 1.29 is 14.7 Å². The van der Waals surface area contributed by atoms with Crippen LogP contribution in [0.2, 0.25) is 0 Å². The predicted molar refractivity (Wildman–Crippen MR) is 91.0 cm³/mol. The van der Waals surface area contributed by atoms with Gasteiger partial charge in [-0.3, -0.25) is 9.59 Å². The standard InChI is InChI=1S/C17H26N2O3S/c1-10(2)8-13(17(21)22)9-18-15(20)14-11(3)19-16(23-14)12-6-4-5-7-12/h10,12-13H,4-9H2,1-3H3,(H,18,20)(H,21,22). The first-order chi connectivity index (χ1) is 10.9. The van der Waals surface area contributed by atoms with Crippen molar-refractivity contribution in [2.75, 3.05) is 6.54 Å². The quantitative estimate of drug-likeness (QED) is 0.796. The Balaban J connectivity index is 1.98. The molecule has 1 aliphatic carbocycles. The minimum atomic E-state index is -0.855. The number of hydrogen-bond acceptors (Lipinski definition) is 4. The number of carboxylic acids is 1. The van der Waals surface area contributed by atoms with Crippen molar-refractivity contribution in [3.05, 3.63) is 15.6 Å². The Labute approximate surface area is 141 Å². The lowest BCUT2D eigenvalue weighted by Gasteiger charge is -2.15. The monoisotopic (exact) mass is 338 g/mol. The molecule has 0 bridgehead atoms. The van der Waals surface area contributed by atoms with Gasteiger partial charge in [-0.25, -0.2) is 4.98 Å². The highest BCUT2D eigenvalue weighted by atomic mass is 32.1. The Bertz CT molecular complexity index is 562. The van der Waals surface area contributed by atoms with Crippen LogP contribution in [0, 0.1) is 18.8 Å². The van der Waals surface area contributed by atoms with Crippen molar-refractivity contribution in [3.8, 4) is 0 Å². The molecular formula is C17H26N2O3S. The van der Waals surface area contributed by atoms with Crippen LogP contribution in [-0.4, -0.2) is 28.5 Å². The minimum absolute atomic E-state index is 0.169. The van der Waals surface area contributed by atoms with E-state index in [2.05, 4.69) is 10.3 Å². The molecule has 1 heterocycles. The van der Waals surface area contributed by atoms with Crippen LogP contribution in [0.15, 0.2) is 0 Å². The van der Waals surface area contributed by atoms with Gasteiger partial charge >= 0.3 is 5.97 Å². The summed E-state index contributed by atoms with van der Waals surface area (Å²) in [6.45, 7) is 5.99. The maximum atomic E-state index is 12.4. The molecule has 1 aromatic heterocycles. The van der Waals surface area contributed by atoms with Gasteiger partial charge in [0.15, 0.2) is 0 Å². The SMILES string of the molecule is Cc1nc(C2CCCC2)sc1C(=O)NCC(CC(C)C)C(=O)O. The van der Waals surface area contributed by atoms with E-state index in [1.807, 2.05) is 20.8 Å². The van der Waals surface area contributed by atoms with E-state index in [-0.39, 0.29) is 18.4 Å². The molecule has 1 aliphatic rings. The van der Waals surface area contributed by atoms with Crippen molar-refractivity contribution in [2.24, 2.45) is 11.8 Å². The first-order valence-corrected chi connectivity index (χ1v) is 9.18. The number of aromatic nitrogens is 1. The highest BCUT2D eigenvalue weighted by Crippen LogP contribution is 2.37. The van der Waals surface area contributed by atoms with Gasteiger partial charge in [-0.2, -0.15) is 0 Å². The van der Waals surface area contributed by atoms with Gasteiger partial charge in [-0.15, -0.1) is 11.3 Å². The average Bonchev–Trinajstić information content (AvgIpc) is 3.11. The molecule has 1 aromatic rings. The summed E-state index contributed by atoms with van der Waals surface area (Å²) < 4.78 is 0. The number of carbonyl (C=O) groups excluding carboxylic acids is 1. The molecule has 23 heavy (non-hydrogen) atoms. The van der Waals surface area contributed by atoms with Gasteiger partial charge in [0, 0.05) is 12.5 Å². The minimum Gasteiger partial charge on any atom is -0.481 e. The van der Waals surface area contributed by atoms with Crippen molar-refractivity contribution in [3.63, 3.8) is 0 Å². The van der Waals surface area contributed by atoms with Crippen molar-refractivity contribution >= 4 is 23.2 Å². The largest absolute Gasteiger partial charge is 0.481 e. The second-order valence-electron chi connectivity index (χ2n) is 6.82. The van der Waals surface area contributed by atoms with E-state index in [9.17, 15) is 14.7 Å². The van der Waals surface area contributed by atoms with Crippen LogP contribution < -0.4 is 5.32 Å². The Kier molecular flexibility index (Phi) is 6.16. The molecular weight excluding hydrogens is 312 g/mol. The number of amides is 1. The topological polar surface area (TPSA) is 79.3 Å². The number of carbonyl (C=O) groups is 2. The van der Waals surface area contributed by atoms with Crippen LogP contribution in [0.25, 0.3) is 0 Å². The first kappa shape index (κ1) is 17.9. The van der Waals surface area contributed by atoms with Gasteiger partial charge in [-0.1, -0.05) is 26.7 Å². The normalized spacial score (nSPS) is 16.7. The van der Waals surface area contributed by atoms with Crippen LogP contribution in [0.3, 0.4) is 0 Å². The third kappa shape index (κ3) is 4.77. The molecule has 2 N–H and O–H groups in total. The van der Waals surface area contributed by atoms with Gasteiger partial charge in [0.2, 0.25) is 0 Å². The summed E-state index contributed by atoms with van der Waals surface area (Å²) in [5.41, 5.74) is 0.755. The summed E-state index contributed by atoms with van der Waals surface area (Å²) in [5.74, 6) is -0.813. The van der Waals surface area contributed by atoms with Crippen LogP contribution in [-0.2, 0) is 4.79 Å². The van der Waals surface area contributed by atoms with E-state index in [1.165, 1.54) is 24.2 Å². The summed E-state index contributed by atoms with van der Waals surface area (Å²) in [6.07, 6.45) is 5.35. The fraction of sp³-hybridized carbons (Fsp3) is 0.706. The van der Waals surface area contributed by atoms with Crippen molar-refractivity contribution in [1.82, 2.24) is 10.3 Å². The zero-order valence-corrected chi connectivity index (χ0v) is 14.9. The molecule has 0 saturated heterocycles. The highest BCUT2D eigenvalue weighted by molar-refractivity contribution is 7.13. The molecule has 6 heteroatoms. The van der Waals surface area contributed by atoms with Gasteiger partial charge in [0.25, 0.3) is 5.91 Å². The Morgan fingerprint density at radius 2 is 2.00 bits per heavy atom. The summed E-state index contributed by atoms with van der Waals surface area (Å²) in [4.78, 5) is 28.8. The second-order valence-corrected chi connectivity index (χ2v) is 7.85. The molecule has 1 fully saturated rings. The molecule has 0 spiro atoms. The van der Waals surface area contributed by atoms with Gasteiger partial charge in [0.1, 0.15) is 4.88 Å². The number of nitrogens with one attached hydrogen (secondary N) is 1. The van der Waals surface area contributed by atoms with Gasteiger partial charge in [0.05, 0.1) is 16.6 Å². The fourth-order valence-electron chi connectivity index (χ4n) is 3.11. The van der Waals surface area contributed by atoms with E-state index in [1.54, 1.807) is 0 Å². The zero-order chi connectivity index (χ0) is 17.0. The molecule has 1 atom stereocenters. The summed E-state index contributed by atoms with van der Waals surface area (Å²) in [6, 6.07) is 0. The molecule has 1 amide bonds. The van der Waals surface area contributed by atoms with Crippen LogP contribution in [0.5, 0.6) is 0 Å². The Morgan fingerprint density at radius 1 is 1.35 bits per heavy atom. The van der Waals surface area contributed by atoms with E-state index >= 15 is 0 Å². The van der Waals surface area contributed by atoms with E-state index < -0.39 is 11.9 Å². The van der Waals surface area contributed by atoms with E-state index in [0.717, 1.165) is 23.5 Å². The van der Waals surface area contributed by atoms with Crippen molar-refractivity contribution in [2.45, 2.75) is 58.8 Å². The molecule has 0 radical (unpaired) electrons.